The first-order valence-electron chi connectivity index (χ1n) is 5.21. The molecule has 1 heterocycles. The van der Waals surface area contributed by atoms with E-state index in [0.717, 1.165) is 12.1 Å². The van der Waals surface area contributed by atoms with Gasteiger partial charge in [-0.2, -0.15) is 0 Å². The van der Waals surface area contributed by atoms with E-state index >= 15 is 0 Å². The summed E-state index contributed by atoms with van der Waals surface area (Å²) >= 11 is 0. The van der Waals surface area contributed by atoms with Gasteiger partial charge in [0.05, 0.1) is 6.10 Å². The molecule has 3 N–H and O–H groups in total. The highest BCUT2D eigenvalue weighted by Crippen LogP contribution is 2.20. The van der Waals surface area contributed by atoms with Gasteiger partial charge in [0.15, 0.2) is 0 Å². The second-order valence-corrected chi connectivity index (χ2v) is 4.05. The van der Waals surface area contributed by atoms with Gasteiger partial charge in [-0.1, -0.05) is 0 Å². The number of benzene rings is 1. The Morgan fingerprint density at radius 1 is 1.41 bits per heavy atom. The van der Waals surface area contributed by atoms with Crippen LogP contribution in [0.2, 0.25) is 0 Å². The number of nitrogens with zero attached hydrogens (tertiary/aromatic N) is 1. The fraction of sp³-hybridized carbons (Fsp3) is 0.364. The van der Waals surface area contributed by atoms with E-state index in [1.165, 1.54) is 4.90 Å². The van der Waals surface area contributed by atoms with Crippen LogP contribution in [0.15, 0.2) is 12.1 Å². The zero-order chi connectivity index (χ0) is 12.6. The number of nitrogen functional groups attached to an aromatic ring is 1. The third-order valence-electron chi connectivity index (χ3n) is 2.78. The lowest BCUT2D eigenvalue weighted by Gasteiger charge is -2.15. The van der Waals surface area contributed by atoms with Gasteiger partial charge >= 0.3 is 0 Å². The summed E-state index contributed by atoms with van der Waals surface area (Å²) in [6.07, 6.45) is -0.0893. The molecule has 92 valence electrons. The van der Waals surface area contributed by atoms with Crippen molar-refractivity contribution in [1.82, 2.24) is 4.90 Å². The molecule has 1 aliphatic rings. The Balaban J connectivity index is 2.25. The molecule has 1 amide bonds. The Hall–Kier alpha value is -1.69. The highest BCUT2D eigenvalue weighted by atomic mass is 19.1. The maximum atomic E-state index is 13.2. The number of amides is 1. The quantitative estimate of drug-likeness (QED) is 0.714. The molecule has 6 heteroatoms. The molecule has 1 unspecified atom stereocenters. The first-order chi connectivity index (χ1) is 7.99. The second kappa shape index (κ2) is 4.29. The fourth-order valence-corrected chi connectivity index (χ4v) is 1.82. The van der Waals surface area contributed by atoms with E-state index in [9.17, 15) is 18.7 Å². The number of aliphatic hydroxyl groups excluding tert-OH is 1. The Bertz CT molecular complexity index is 442. The van der Waals surface area contributed by atoms with Crippen LogP contribution in [-0.2, 0) is 0 Å². The van der Waals surface area contributed by atoms with E-state index in [2.05, 4.69) is 0 Å². The average molecular weight is 242 g/mol. The fourth-order valence-electron chi connectivity index (χ4n) is 1.82. The lowest BCUT2D eigenvalue weighted by molar-refractivity contribution is 0.0764. The molecule has 4 nitrogen and oxygen atoms in total. The van der Waals surface area contributed by atoms with Crippen molar-refractivity contribution in [3.63, 3.8) is 0 Å². The smallest absolute Gasteiger partial charge is 0.254 e. The molecule has 1 aromatic rings. The van der Waals surface area contributed by atoms with Gasteiger partial charge in [-0.3, -0.25) is 4.79 Å². The first-order valence-corrected chi connectivity index (χ1v) is 5.21. The van der Waals surface area contributed by atoms with Gasteiger partial charge in [-0.15, -0.1) is 0 Å². The summed E-state index contributed by atoms with van der Waals surface area (Å²) in [6.45, 7) is 0.570. The summed E-state index contributed by atoms with van der Waals surface area (Å²) in [4.78, 5) is 13.2. The number of hydrogen-bond donors (Lipinski definition) is 2. The zero-order valence-corrected chi connectivity index (χ0v) is 8.99. The number of rotatable bonds is 1. The Morgan fingerprint density at radius 2 is 2.00 bits per heavy atom. The topological polar surface area (TPSA) is 66.6 Å². The molecule has 2 rings (SSSR count). The van der Waals surface area contributed by atoms with E-state index in [4.69, 9.17) is 5.73 Å². The van der Waals surface area contributed by atoms with Crippen LogP contribution >= 0.6 is 0 Å². The maximum Gasteiger partial charge on any atom is 0.254 e. The minimum absolute atomic E-state index is 0.0942. The summed E-state index contributed by atoms with van der Waals surface area (Å²) in [7, 11) is 0. The normalized spacial score (nSPS) is 19.7. The summed E-state index contributed by atoms with van der Waals surface area (Å²) in [5, 5.41) is 9.29. The van der Waals surface area contributed by atoms with Crippen molar-refractivity contribution in [3.8, 4) is 0 Å². The number of hydrogen-bond acceptors (Lipinski definition) is 3. The summed E-state index contributed by atoms with van der Waals surface area (Å²) in [5.41, 5.74) is 4.42. The second-order valence-electron chi connectivity index (χ2n) is 4.05. The van der Waals surface area contributed by atoms with Gasteiger partial charge in [0.25, 0.3) is 5.91 Å². The lowest BCUT2D eigenvalue weighted by atomic mass is 10.1. The number of β-amino-alcohol motifs (C(OH)–C–C–N with tert-alkyl or cyclic N) is 1. The molecule has 1 atom stereocenters. The minimum atomic E-state index is -0.951. The number of halogens is 2. The average Bonchev–Trinajstić information content (AvgIpc) is 2.71. The molecule has 0 aromatic heterocycles. The van der Waals surface area contributed by atoms with Crippen LogP contribution in [0.3, 0.4) is 0 Å². The molecule has 0 aliphatic carbocycles. The standard InChI is InChI=1S/C11H12F2N2O2/c12-8-3-6(4-9(13)10(8)14)11(17)15-2-1-7(16)5-15/h3-4,7,16H,1-2,5,14H2. The molecule has 17 heavy (non-hydrogen) atoms. The van der Waals surface area contributed by atoms with Crippen LogP contribution < -0.4 is 5.73 Å². The lowest BCUT2D eigenvalue weighted by Crippen LogP contribution is -2.29. The number of anilines is 1. The van der Waals surface area contributed by atoms with Crippen LogP contribution in [0.25, 0.3) is 0 Å². The number of carbonyl (C=O) groups is 1. The van der Waals surface area contributed by atoms with Gasteiger partial charge in [0.1, 0.15) is 17.3 Å². The molecule has 0 saturated carbocycles. The highest BCUT2D eigenvalue weighted by molar-refractivity contribution is 5.94. The SMILES string of the molecule is Nc1c(F)cc(C(=O)N2CCC(O)C2)cc1F. The Morgan fingerprint density at radius 3 is 2.47 bits per heavy atom. The predicted octanol–water partition coefficient (Wildman–Crippen LogP) is 0.754. The van der Waals surface area contributed by atoms with Crippen molar-refractivity contribution in [2.24, 2.45) is 0 Å². The van der Waals surface area contributed by atoms with Crippen LogP contribution in [-0.4, -0.2) is 35.1 Å². The van der Waals surface area contributed by atoms with Crippen LogP contribution in [0.1, 0.15) is 16.8 Å². The van der Waals surface area contributed by atoms with Crippen molar-refractivity contribution in [3.05, 3.63) is 29.3 Å². The van der Waals surface area contributed by atoms with Crippen LogP contribution in [0, 0.1) is 11.6 Å². The van der Waals surface area contributed by atoms with Crippen molar-refractivity contribution in [2.75, 3.05) is 18.8 Å². The van der Waals surface area contributed by atoms with Crippen molar-refractivity contribution in [1.29, 1.82) is 0 Å². The maximum absolute atomic E-state index is 13.2. The van der Waals surface area contributed by atoms with E-state index in [1.54, 1.807) is 0 Å². The molecule has 0 radical (unpaired) electrons. The molecule has 1 fully saturated rings. The van der Waals surface area contributed by atoms with Crippen molar-refractivity contribution < 1.29 is 18.7 Å². The third kappa shape index (κ3) is 2.21. The molecule has 1 aromatic carbocycles. The zero-order valence-electron chi connectivity index (χ0n) is 8.99. The number of nitrogens with two attached hydrogens (primary N) is 1. The molecular formula is C11H12F2N2O2. The van der Waals surface area contributed by atoms with E-state index < -0.39 is 29.3 Å². The van der Waals surface area contributed by atoms with Crippen LogP contribution in [0.5, 0.6) is 0 Å². The van der Waals surface area contributed by atoms with E-state index in [0.29, 0.717) is 13.0 Å². The Kier molecular flexibility index (Phi) is 2.97. The molecule has 0 spiro atoms. The van der Waals surface area contributed by atoms with Crippen molar-refractivity contribution in [2.45, 2.75) is 12.5 Å². The van der Waals surface area contributed by atoms with Gasteiger partial charge in [-0.25, -0.2) is 8.78 Å². The highest BCUT2D eigenvalue weighted by Gasteiger charge is 2.26. The minimum Gasteiger partial charge on any atom is -0.394 e. The number of carbonyl (C=O) groups excluding carboxylic acids is 1. The largest absolute Gasteiger partial charge is 0.394 e. The molecule has 1 aliphatic heterocycles. The third-order valence-corrected chi connectivity index (χ3v) is 2.78. The number of aliphatic hydroxyl groups is 1. The van der Waals surface area contributed by atoms with E-state index in [1.807, 2.05) is 0 Å². The Labute approximate surface area is 96.6 Å². The molecular weight excluding hydrogens is 230 g/mol. The monoisotopic (exact) mass is 242 g/mol. The summed E-state index contributed by atoms with van der Waals surface area (Å²) in [6, 6.07) is 1.82. The van der Waals surface area contributed by atoms with Gasteiger partial charge < -0.3 is 15.7 Å². The van der Waals surface area contributed by atoms with Crippen molar-refractivity contribution >= 4 is 11.6 Å². The summed E-state index contributed by atoms with van der Waals surface area (Å²) in [5.74, 6) is -2.40. The van der Waals surface area contributed by atoms with E-state index in [-0.39, 0.29) is 12.1 Å². The first kappa shape index (κ1) is 11.8. The molecule has 0 bridgehead atoms. The predicted molar refractivity (Wildman–Crippen MR) is 57.3 cm³/mol. The van der Waals surface area contributed by atoms with Gasteiger partial charge in [-0.05, 0) is 18.6 Å². The number of likely N-dealkylation sites (tertiary alicyclic amines) is 1. The van der Waals surface area contributed by atoms with Crippen LogP contribution in [0.4, 0.5) is 14.5 Å². The van der Waals surface area contributed by atoms with Gasteiger partial charge in [0, 0.05) is 18.7 Å². The van der Waals surface area contributed by atoms with Gasteiger partial charge in [0.2, 0.25) is 0 Å². The molecule has 1 saturated heterocycles. The summed E-state index contributed by atoms with van der Waals surface area (Å²) < 4.78 is 26.4.